The number of fused-ring (bicyclic) bond motifs is 1. The van der Waals surface area contributed by atoms with Crippen LogP contribution in [0.2, 0.25) is 0 Å². The fraction of sp³-hybridized carbons (Fsp3) is 0.450. The van der Waals surface area contributed by atoms with Crippen LogP contribution in [0.25, 0.3) is 17.0 Å². The first-order chi connectivity index (χ1) is 12.9. The minimum atomic E-state index is -0.314. The van der Waals surface area contributed by atoms with Crippen molar-refractivity contribution in [2.75, 3.05) is 18.4 Å². The number of hydrogen-bond acceptors (Lipinski definition) is 5. The fourth-order valence-corrected chi connectivity index (χ4v) is 3.35. The molecule has 0 amide bonds. The van der Waals surface area contributed by atoms with Crippen LogP contribution in [0.1, 0.15) is 39.3 Å². The van der Waals surface area contributed by atoms with Gasteiger partial charge in [0.1, 0.15) is 11.6 Å². The Morgan fingerprint density at radius 2 is 2.07 bits per heavy atom. The summed E-state index contributed by atoms with van der Waals surface area (Å²) in [6, 6.07) is 3.16. The van der Waals surface area contributed by atoms with Gasteiger partial charge in [-0.2, -0.15) is 0 Å². The fourth-order valence-electron chi connectivity index (χ4n) is 3.35. The second-order valence-electron chi connectivity index (χ2n) is 8.14. The van der Waals surface area contributed by atoms with Crippen molar-refractivity contribution in [3.05, 3.63) is 42.2 Å². The third-order valence-electron chi connectivity index (χ3n) is 4.87. The van der Waals surface area contributed by atoms with Crippen LogP contribution >= 0.6 is 0 Å². The predicted octanol–water partition coefficient (Wildman–Crippen LogP) is 3.39. The highest BCUT2D eigenvalue weighted by Crippen LogP contribution is 2.25. The summed E-state index contributed by atoms with van der Waals surface area (Å²) >= 11 is 0. The van der Waals surface area contributed by atoms with Gasteiger partial charge in [-0.1, -0.05) is 20.8 Å². The molecule has 1 saturated heterocycles. The van der Waals surface area contributed by atoms with Gasteiger partial charge in [-0.25, -0.2) is 14.4 Å². The zero-order valence-electron chi connectivity index (χ0n) is 16.0. The molecule has 4 rings (SSSR count). The number of nitrogens with one attached hydrogen (secondary N) is 2. The number of halogens is 1. The van der Waals surface area contributed by atoms with E-state index >= 15 is 0 Å². The normalized spacial score (nSPS) is 18.0. The standard InChI is InChI=1S/C20H25FN6/c1-20(2,3)17-12-27-16(10-24-19(27)11-23-17)15-7-13(21)8-18(26-15)25-14-5-4-6-22-9-14/h7-8,10-12,14,22H,4-6,9H2,1-3H3,(H,25,26). The van der Waals surface area contributed by atoms with E-state index < -0.39 is 0 Å². The molecule has 1 atom stereocenters. The Morgan fingerprint density at radius 1 is 1.22 bits per heavy atom. The van der Waals surface area contributed by atoms with Crippen molar-refractivity contribution in [3.8, 4) is 11.4 Å². The number of imidazole rings is 1. The van der Waals surface area contributed by atoms with E-state index in [0.717, 1.165) is 43.0 Å². The van der Waals surface area contributed by atoms with Gasteiger partial charge in [0.05, 0.1) is 29.5 Å². The molecule has 1 unspecified atom stereocenters. The molecule has 1 fully saturated rings. The van der Waals surface area contributed by atoms with Crippen molar-refractivity contribution in [2.45, 2.75) is 45.1 Å². The molecule has 0 bridgehead atoms. The monoisotopic (exact) mass is 368 g/mol. The van der Waals surface area contributed by atoms with Gasteiger partial charge in [0.2, 0.25) is 0 Å². The Morgan fingerprint density at radius 3 is 2.81 bits per heavy atom. The molecule has 3 aromatic heterocycles. The molecule has 0 spiro atoms. The number of nitrogens with zero attached hydrogens (tertiary/aromatic N) is 4. The molecule has 0 aromatic carbocycles. The average molecular weight is 368 g/mol. The number of hydrogen-bond donors (Lipinski definition) is 2. The van der Waals surface area contributed by atoms with E-state index in [1.54, 1.807) is 12.4 Å². The lowest BCUT2D eigenvalue weighted by Crippen LogP contribution is -2.38. The molecule has 3 aromatic rings. The maximum absolute atomic E-state index is 14.3. The zero-order valence-corrected chi connectivity index (χ0v) is 16.0. The molecule has 27 heavy (non-hydrogen) atoms. The van der Waals surface area contributed by atoms with Crippen molar-refractivity contribution in [3.63, 3.8) is 0 Å². The van der Waals surface area contributed by atoms with E-state index in [-0.39, 0.29) is 17.3 Å². The SMILES string of the molecule is CC(C)(C)c1cn2c(-c3cc(F)cc(NC4CCCNC4)n3)cnc2cn1. The second-order valence-corrected chi connectivity index (χ2v) is 8.14. The Labute approximate surface area is 158 Å². The van der Waals surface area contributed by atoms with Crippen molar-refractivity contribution >= 4 is 11.5 Å². The van der Waals surface area contributed by atoms with Crippen LogP contribution in [0.4, 0.5) is 10.2 Å². The summed E-state index contributed by atoms with van der Waals surface area (Å²) in [5.74, 6) is 0.241. The summed E-state index contributed by atoms with van der Waals surface area (Å²) < 4.78 is 16.2. The molecular weight excluding hydrogens is 343 g/mol. The van der Waals surface area contributed by atoms with Gasteiger partial charge in [-0.05, 0) is 19.4 Å². The summed E-state index contributed by atoms with van der Waals surface area (Å²) in [6.45, 7) is 8.23. The summed E-state index contributed by atoms with van der Waals surface area (Å²) in [6.07, 6.45) is 7.59. The van der Waals surface area contributed by atoms with Crippen molar-refractivity contribution in [2.24, 2.45) is 0 Å². The van der Waals surface area contributed by atoms with Gasteiger partial charge >= 0.3 is 0 Å². The lowest BCUT2D eigenvalue weighted by molar-refractivity contribution is 0.478. The van der Waals surface area contributed by atoms with E-state index in [1.807, 2.05) is 10.6 Å². The molecule has 1 aliphatic rings. The molecule has 2 N–H and O–H groups in total. The lowest BCUT2D eigenvalue weighted by atomic mass is 9.93. The van der Waals surface area contributed by atoms with Gasteiger partial charge in [0.25, 0.3) is 0 Å². The number of anilines is 1. The summed E-state index contributed by atoms with van der Waals surface area (Å²) in [5, 5.41) is 6.70. The van der Waals surface area contributed by atoms with Crippen LogP contribution in [0.3, 0.4) is 0 Å². The first-order valence-electron chi connectivity index (χ1n) is 9.39. The van der Waals surface area contributed by atoms with E-state index in [0.29, 0.717) is 11.5 Å². The Kier molecular flexibility index (Phi) is 4.55. The summed E-state index contributed by atoms with van der Waals surface area (Å²) in [7, 11) is 0. The van der Waals surface area contributed by atoms with Gasteiger partial charge in [0.15, 0.2) is 5.65 Å². The minimum absolute atomic E-state index is 0.0915. The third-order valence-corrected chi connectivity index (χ3v) is 4.87. The summed E-state index contributed by atoms with van der Waals surface area (Å²) in [4.78, 5) is 13.6. The van der Waals surface area contributed by atoms with Gasteiger partial charge in [0, 0.05) is 36.3 Å². The molecule has 6 nitrogen and oxygen atoms in total. The van der Waals surface area contributed by atoms with E-state index in [1.165, 1.54) is 12.1 Å². The van der Waals surface area contributed by atoms with Crippen LogP contribution in [0.15, 0.2) is 30.7 Å². The molecule has 0 aliphatic carbocycles. The number of piperidine rings is 1. The minimum Gasteiger partial charge on any atom is -0.366 e. The highest BCUT2D eigenvalue weighted by Gasteiger charge is 2.19. The molecule has 0 saturated carbocycles. The van der Waals surface area contributed by atoms with E-state index in [9.17, 15) is 4.39 Å². The zero-order chi connectivity index (χ0) is 19.0. The van der Waals surface area contributed by atoms with Crippen molar-refractivity contribution in [1.29, 1.82) is 0 Å². The Hall–Kier alpha value is -2.54. The largest absolute Gasteiger partial charge is 0.366 e. The van der Waals surface area contributed by atoms with Gasteiger partial charge < -0.3 is 10.6 Å². The second kappa shape index (κ2) is 6.88. The maximum atomic E-state index is 14.3. The highest BCUT2D eigenvalue weighted by molar-refractivity contribution is 5.62. The summed E-state index contributed by atoms with van der Waals surface area (Å²) in [5.41, 5.74) is 2.88. The molecular formula is C20H25FN6. The van der Waals surface area contributed by atoms with Crippen LogP contribution in [-0.2, 0) is 5.41 Å². The third kappa shape index (κ3) is 3.78. The van der Waals surface area contributed by atoms with Crippen LogP contribution in [-0.4, -0.2) is 38.5 Å². The molecule has 7 heteroatoms. The highest BCUT2D eigenvalue weighted by atomic mass is 19.1. The quantitative estimate of drug-likeness (QED) is 0.742. The molecule has 4 heterocycles. The predicted molar refractivity (Wildman–Crippen MR) is 104 cm³/mol. The van der Waals surface area contributed by atoms with E-state index in [2.05, 4.69) is 46.4 Å². The maximum Gasteiger partial charge on any atom is 0.155 e. The smallest absolute Gasteiger partial charge is 0.155 e. The first kappa shape index (κ1) is 17.9. The van der Waals surface area contributed by atoms with Crippen LogP contribution in [0.5, 0.6) is 0 Å². The van der Waals surface area contributed by atoms with Crippen LogP contribution < -0.4 is 10.6 Å². The number of rotatable bonds is 3. The molecule has 0 radical (unpaired) electrons. The lowest BCUT2D eigenvalue weighted by Gasteiger charge is -2.24. The molecule has 1 aliphatic heterocycles. The van der Waals surface area contributed by atoms with E-state index in [4.69, 9.17) is 0 Å². The number of aromatic nitrogens is 4. The van der Waals surface area contributed by atoms with Gasteiger partial charge in [-0.3, -0.25) is 9.38 Å². The van der Waals surface area contributed by atoms with Crippen molar-refractivity contribution in [1.82, 2.24) is 24.7 Å². The Bertz CT molecular complexity index is 953. The van der Waals surface area contributed by atoms with Crippen LogP contribution in [0, 0.1) is 5.82 Å². The molecule has 142 valence electrons. The average Bonchev–Trinajstić information content (AvgIpc) is 3.04. The topological polar surface area (TPSA) is 67.1 Å². The Balaban J connectivity index is 1.72. The number of pyridine rings is 1. The van der Waals surface area contributed by atoms with Gasteiger partial charge in [-0.15, -0.1) is 0 Å². The van der Waals surface area contributed by atoms with Crippen molar-refractivity contribution < 1.29 is 4.39 Å². The first-order valence-corrected chi connectivity index (χ1v) is 9.39.